The molecule has 2 heterocycles. The van der Waals surface area contributed by atoms with Gasteiger partial charge in [-0.1, -0.05) is 43.7 Å². The monoisotopic (exact) mass is 352 g/mol. The predicted molar refractivity (Wildman–Crippen MR) is 104 cm³/mol. The Balaban J connectivity index is 1.48. The minimum Gasteiger partial charge on any atom is -0.354 e. The van der Waals surface area contributed by atoms with E-state index in [2.05, 4.69) is 52.5 Å². The Labute approximate surface area is 155 Å². The number of hydrogen-bond donors (Lipinski definition) is 1. The number of carbonyl (C=O) groups excluding carboxylic acids is 1. The van der Waals surface area contributed by atoms with Crippen LogP contribution in [0.15, 0.2) is 42.7 Å². The molecule has 5 nitrogen and oxygen atoms in total. The van der Waals surface area contributed by atoms with Gasteiger partial charge < -0.3 is 10.2 Å². The second-order valence-corrected chi connectivity index (χ2v) is 7.00. The van der Waals surface area contributed by atoms with Crippen molar-refractivity contribution in [2.45, 2.75) is 39.0 Å². The molecule has 26 heavy (non-hydrogen) atoms. The average molecular weight is 352 g/mol. The number of likely N-dealkylation sites (tertiary alicyclic amines) is 1. The van der Waals surface area contributed by atoms with Crippen LogP contribution in [0.25, 0.3) is 0 Å². The van der Waals surface area contributed by atoms with Gasteiger partial charge in [-0.25, -0.2) is 9.97 Å². The summed E-state index contributed by atoms with van der Waals surface area (Å²) in [6, 6.07) is 10.6. The van der Waals surface area contributed by atoms with Gasteiger partial charge in [0.15, 0.2) is 0 Å². The van der Waals surface area contributed by atoms with E-state index in [0.29, 0.717) is 17.4 Å². The van der Waals surface area contributed by atoms with Crippen molar-refractivity contribution in [3.8, 4) is 0 Å². The van der Waals surface area contributed by atoms with Crippen LogP contribution >= 0.6 is 0 Å². The third-order valence-corrected chi connectivity index (χ3v) is 4.98. The number of nitrogens with zero attached hydrogens (tertiary/aromatic N) is 3. The molecule has 5 heteroatoms. The lowest BCUT2D eigenvalue weighted by Crippen LogP contribution is -2.39. The Kier molecular flexibility index (Phi) is 6.58. The fraction of sp³-hybridized carbons (Fsp3) is 0.476. The van der Waals surface area contributed by atoms with E-state index in [1.54, 1.807) is 12.4 Å². The van der Waals surface area contributed by atoms with Crippen molar-refractivity contribution in [3.05, 3.63) is 53.9 Å². The Morgan fingerprint density at radius 2 is 1.85 bits per heavy atom. The number of rotatable bonds is 7. The molecule has 1 aliphatic heterocycles. The van der Waals surface area contributed by atoms with Gasteiger partial charge in [0.1, 0.15) is 0 Å². The Hall–Kier alpha value is -2.43. The smallest absolute Gasteiger partial charge is 0.256 e. The molecule has 1 aromatic heterocycles. The number of unbranched alkanes of at least 4 members (excludes halogenated alkanes) is 1. The van der Waals surface area contributed by atoms with E-state index in [-0.39, 0.29) is 5.91 Å². The van der Waals surface area contributed by atoms with Gasteiger partial charge in [0.25, 0.3) is 5.91 Å². The highest BCUT2D eigenvalue weighted by atomic mass is 16.2. The molecule has 1 saturated heterocycles. The molecule has 1 fully saturated rings. The van der Waals surface area contributed by atoms with Crippen LogP contribution in [0.2, 0.25) is 0 Å². The Morgan fingerprint density at radius 3 is 2.50 bits per heavy atom. The third-order valence-electron chi connectivity index (χ3n) is 4.98. The molecule has 0 saturated carbocycles. The van der Waals surface area contributed by atoms with Gasteiger partial charge in [-0.2, -0.15) is 0 Å². The molecule has 3 rings (SSSR count). The van der Waals surface area contributed by atoms with Gasteiger partial charge >= 0.3 is 0 Å². The normalized spacial score (nSPS) is 15.0. The molecule has 0 unspecified atom stereocenters. The van der Waals surface area contributed by atoms with Crippen molar-refractivity contribution in [1.82, 2.24) is 14.9 Å². The summed E-state index contributed by atoms with van der Waals surface area (Å²) < 4.78 is 0. The fourth-order valence-electron chi connectivity index (χ4n) is 3.38. The first-order valence-electron chi connectivity index (χ1n) is 9.65. The molecule has 0 bridgehead atoms. The summed E-state index contributed by atoms with van der Waals surface area (Å²) in [4.78, 5) is 23.1. The van der Waals surface area contributed by atoms with Crippen molar-refractivity contribution in [1.29, 1.82) is 0 Å². The predicted octanol–water partition coefficient (Wildman–Crippen LogP) is 3.78. The van der Waals surface area contributed by atoms with E-state index in [0.717, 1.165) is 51.7 Å². The second-order valence-electron chi connectivity index (χ2n) is 7.00. The van der Waals surface area contributed by atoms with Crippen LogP contribution < -0.4 is 5.32 Å². The number of benzene rings is 1. The molecular weight excluding hydrogens is 324 g/mol. The van der Waals surface area contributed by atoms with Crippen molar-refractivity contribution in [2.75, 3.05) is 25.0 Å². The molecule has 0 aliphatic carbocycles. The molecule has 0 atom stereocenters. The summed E-state index contributed by atoms with van der Waals surface area (Å²) in [5.74, 6) is 1.29. The molecule has 1 aliphatic rings. The summed E-state index contributed by atoms with van der Waals surface area (Å²) in [5, 5.41) is 3.17. The van der Waals surface area contributed by atoms with Crippen LogP contribution in [-0.4, -0.2) is 40.4 Å². The zero-order chi connectivity index (χ0) is 18.2. The molecule has 2 aromatic rings. The molecule has 138 valence electrons. The first kappa shape index (κ1) is 18.4. The van der Waals surface area contributed by atoms with E-state index >= 15 is 0 Å². The van der Waals surface area contributed by atoms with Crippen LogP contribution in [0.1, 0.15) is 48.5 Å². The molecule has 1 amide bonds. The number of aromatic nitrogens is 2. The SMILES string of the molecule is CCCCNc1ncc(C(=O)N2CCC(Cc3ccccc3)CC2)cn1. The quantitative estimate of drug-likeness (QED) is 0.771. The summed E-state index contributed by atoms with van der Waals surface area (Å²) >= 11 is 0. The molecular formula is C21H28N4O. The lowest BCUT2D eigenvalue weighted by atomic mass is 9.90. The van der Waals surface area contributed by atoms with Gasteiger partial charge in [-0.3, -0.25) is 4.79 Å². The lowest BCUT2D eigenvalue weighted by Gasteiger charge is -2.32. The van der Waals surface area contributed by atoms with E-state index in [4.69, 9.17) is 0 Å². The number of carbonyl (C=O) groups is 1. The topological polar surface area (TPSA) is 58.1 Å². The molecule has 0 spiro atoms. The number of hydrogen-bond acceptors (Lipinski definition) is 4. The first-order chi connectivity index (χ1) is 12.8. The lowest BCUT2D eigenvalue weighted by molar-refractivity contribution is 0.0689. The summed E-state index contributed by atoms with van der Waals surface area (Å²) in [5.41, 5.74) is 1.96. The highest BCUT2D eigenvalue weighted by Gasteiger charge is 2.24. The first-order valence-corrected chi connectivity index (χ1v) is 9.65. The number of anilines is 1. The third kappa shape index (κ3) is 5.04. The molecule has 1 N–H and O–H groups in total. The maximum absolute atomic E-state index is 12.7. The summed E-state index contributed by atoms with van der Waals surface area (Å²) in [7, 11) is 0. The molecule has 0 radical (unpaired) electrons. The minimum absolute atomic E-state index is 0.0447. The zero-order valence-electron chi connectivity index (χ0n) is 15.5. The van der Waals surface area contributed by atoms with E-state index in [1.165, 1.54) is 5.56 Å². The van der Waals surface area contributed by atoms with E-state index in [1.807, 2.05) is 4.90 Å². The van der Waals surface area contributed by atoms with Crippen molar-refractivity contribution >= 4 is 11.9 Å². The maximum Gasteiger partial charge on any atom is 0.256 e. The van der Waals surface area contributed by atoms with Gasteiger partial charge in [-0.15, -0.1) is 0 Å². The van der Waals surface area contributed by atoms with Crippen molar-refractivity contribution in [3.63, 3.8) is 0 Å². The number of piperidine rings is 1. The van der Waals surface area contributed by atoms with Crippen LogP contribution in [-0.2, 0) is 6.42 Å². The summed E-state index contributed by atoms with van der Waals surface area (Å²) in [6.45, 7) is 4.63. The Morgan fingerprint density at radius 1 is 1.15 bits per heavy atom. The van der Waals surface area contributed by atoms with Gasteiger partial charge in [0.05, 0.1) is 5.56 Å². The largest absolute Gasteiger partial charge is 0.354 e. The van der Waals surface area contributed by atoms with Crippen LogP contribution in [0.5, 0.6) is 0 Å². The van der Waals surface area contributed by atoms with Gasteiger partial charge in [0.2, 0.25) is 5.95 Å². The van der Waals surface area contributed by atoms with Crippen molar-refractivity contribution < 1.29 is 4.79 Å². The second kappa shape index (κ2) is 9.32. The standard InChI is InChI=1S/C21H28N4O/c1-2-3-11-22-21-23-15-19(16-24-21)20(26)25-12-9-18(10-13-25)14-17-7-5-4-6-8-17/h4-8,15-16,18H,2-3,9-14H2,1H3,(H,22,23,24). The van der Waals surface area contributed by atoms with Crippen LogP contribution in [0.3, 0.4) is 0 Å². The van der Waals surface area contributed by atoms with Crippen LogP contribution in [0, 0.1) is 5.92 Å². The Bertz CT molecular complexity index is 679. The zero-order valence-corrected chi connectivity index (χ0v) is 15.5. The highest BCUT2D eigenvalue weighted by Crippen LogP contribution is 2.22. The van der Waals surface area contributed by atoms with Crippen molar-refractivity contribution in [2.24, 2.45) is 5.92 Å². The number of amides is 1. The van der Waals surface area contributed by atoms with E-state index < -0.39 is 0 Å². The average Bonchev–Trinajstić information content (AvgIpc) is 2.70. The van der Waals surface area contributed by atoms with Gasteiger partial charge in [-0.05, 0) is 37.2 Å². The minimum atomic E-state index is 0.0447. The fourth-order valence-corrected chi connectivity index (χ4v) is 3.38. The van der Waals surface area contributed by atoms with Gasteiger partial charge in [0, 0.05) is 32.0 Å². The number of nitrogens with one attached hydrogen (secondary N) is 1. The highest BCUT2D eigenvalue weighted by molar-refractivity contribution is 5.93. The summed E-state index contributed by atoms with van der Waals surface area (Å²) in [6.07, 6.45) is 8.70. The van der Waals surface area contributed by atoms with E-state index in [9.17, 15) is 4.79 Å². The molecule has 1 aromatic carbocycles. The van der Waals surface area contributed by atoms with Crippen LogP contribution in [0.4, 0.5) is 5.95 Å². The maximum atomic E-state index is 12.7.